The van der Waals surface area contributed by atoms with Gasteiger partial charge in [-0.1, -0.05) is 12.1 Å². The van der Waals surface area contributed by atoms with Crippen molar-refractivity contribution < 1.29 is 23.4 Å². The molecule has 2 saturated heterocycles. The van der Waals surface area contributed by atoms with E-state index in [4.69, 9.17) is 9.47 Å². The van der Waals surface area contributed by atoms with Crippen molar-refractivity contribution in [1.82, 2.24) is 24.5 Å². The van der Waals surface area contributed by atoms with Crippen LogP contribution in [0.15, 0.2) is 24.3 Å². The van der Waals surface area contributed by atoms with Crippen molar-refractivity contribution in [2.45, 2.75) is 12.7 Å². The number of aliphatic hydroxyl groups is 1. The number of halogens is 2. The Labute approximate surface area is 176 Å². The molecule has 1 N–H and O–H groups in total. The number of fused-ring (bicyclic) bond motifs is 1. The zero-order valence-corrected chi connectivity index (χ0v) is 16.6. The second-order valence-corrected chi connectivity index (χ2v) is 7.20. The molecule has 0 amide bonds. The molecule has 0 radical (unpaired) electrons. The lowest BCUT2D eigenvalue weighted by atomic mass is 10.3. The summed E-state index contributed by atoms with van der Waals surface area (Å²) in [6, 6.07) is 6.85. The molecular weight excluding hydrogens is 412 g/mol. The topological polar surface area (TPSA) is 102 Å². The van der Waals surface area contributed by atoms with Gasteiger partial charge in [0.15, 0.2) is 12.1 Å². The number of aromatic nitrogens is 5. The Hall–Kier alpha value is -2.96. The van der Waals surface area contributed by atoms with Crippen molar-refractivity contribution in [2.75, 3.05) is 55.8 Å². The smallest absolute Gasteiger partial charge is 0.296 e. The lowest BCUT2D eigenvalue weighted by Crippen LogP contribution is -2.44. The van der Waals surface area contributed by atoms with E-state index in [2.05, 4.69) is 19.9 Å². The van der Waals surface area contributed by atoms with E-state index in [-0.39, 0.29) is 18.4 Å². The number of para-hydroxylation sites is 2. The predicted octanol–water partition coefficient (Wildman–Crippen LogP) is 1.14. The number of benzene rings is 1. The molecule has 31 heavy (non-hydrogen) atoms. The zero-order valence-electron chi connectivity index (χ0n) is 16.6. The van der Waals surface area contributed by atoms with Gasteiger partial charge >= 0.3 is 0 Å². The number of ether oxygens (including phenoxy) is 2. The molecule has 0 spiro atoms. The van der Waals surface area contributed by atoms with Gasteiger partial charge in [-0.05, 0) is 12.1 Å². The minimum absolute atomic E-state index is 0.0523. The molecule has 2 aromatic heterocycles. The van der Waals surface area contributed by atoms with Crippen LogP contribution < -0.4 is 9.80 Å². The third-order valence-electron chi connectivity index (χ3n) is 5.21. The van der Waals surface area contributed by atoms with E-state index >= 15 is 0 Å². The van der Waals surface area contributed by atoms with Gasteiger partial charge in [-0.25, -0.2) is 13.8 Å². The first-order chi connectivity index (χ1) is 15.1. The lowest BCUT2D eigenvalue weighted by molar-refractivity contribution is -0.104. The number of nitrogens with zero attached hydrogens (tertiary/aromatic N) is 7. The van der Waals surface area contributed by atoms with Gasteiger partial charge in [0, 0.05) is 19.6 Å². The van der Waals surface area contributed by atoms with E-state index < -0.39 is 18.5 Å². The average molecular weight is 433 g/mol. The highest BCUT2D eigenvalue weighted by molar-refractivity contribution is 5.77. The lowest BCUT2D eigenvalue weighted by Gasteiger charge is -2.32. The molecule has 4 heterocycles. The summed E-state index contributed by atoms with van der Waals surface area (Å²) in [5.74, 6) is 0.263. The number of anilines is 2. The number of β-amino-alcohol motifs (C(OH)–C–C–N with tert-alkyl or cyclic N) is 1. The molecule has 10 nitrogen and oxygen atoms in total. The molecule has 0 saturated carbocycles. The molecule has 1 unspecified atom stereocenters. The first-order valence-electron chi connectivity index (χ1n) is 9.99. The SMILES string of the molecule is OC1CN(c2nc(N3CCOCC3)nc(-n3c(C(F)F)nc4ccccc43)n2)CCO1. The van der Waals surface area contributed by atoms with E-state index in [0.29, 0.717) is 56.4 Å². The summed E-state index contributed by atoms with van der Waals surface area (Å²) >= 11 is 0. The van der Waals surface area contributed by atoms with Gasteiger partial charge in [-0.2, -0.15) is 15.0 Å². The molecule has 12 heteroatoms. The summed E-state index contributed by atoms with van der Waals surface area (Å²) in [5, 5.41) is 9.89. The summed E-state index contributed by atoms with van der Waals surface area (Å²) in [6.07, 6.45) is -3.80. The third kappa shape index (κ3) is 3.89. The molecule has 2 aliphatic rings. The molecular formula is C19H21F2N7O3. The third-order valence-corrected chi connectivity index (χ3v) is 5.21. The number of alkyl halides is 2. The monoisotopic (exact) mass is 433 g/mol. The summed E-state index contributed by atoms with van der Waals surface area (Å²) in [7, 11) is 0. The fourth-order valence-corrected chi connectivity index (χ4v) is 3.70. The van der Waals surface area contributed by atoms with E-state index in [1.807, 2.05) is 4.90 Å². The number of imidazole rings is 1. The van der Waals surface area contributed by atoms with Gasteiger partial charge < -0.3 is 24.4 Å². The molecule has 164 valence electrons. The Balaban J connectivity index is 1.67. The van der Waals surface area contributed by atoms with Crippen LogP contribution in [0.3, 0.4) is 0 Å². The van der Waals surface area contributed by atoms with Crippen molar-refractivity contribution in [3.05, 3.63) is 30.1 Å². The summed E-state index contributed by atoms with van der Waals surface area (Å²) in [4.78, 5) is 21.4. The van der Waals surface area contributed by atoms with Crippen LogP contribution in [0.5, 0.6) is 0 Å². The predicted molar refractivity (Wildman–Crippen MR) is 107 cm³/mol. The van der Waals surface area contributed by atoms with Gasteiger partial charge in [0.2, 0.25) is 17.8 Å². The van der Waals surface area contributed by atoms with Gasteiger partial charge in [0.05, 0.1) is 37.4 Å². The largest absolute Gasteiger partial charge is 0.378 e. The molecule has 3 aromatic rings. The van der Waals surface area contributed by atoms with Crippen molar-refractivity contribution in [1.29, 1.82) is 0 Å². The van der Waals surface area contributed by atoms with Gasteiger partial charge in [0.1, 0.15) is 0 Å². The summed E-state index contributed by atoms with van der Waals surface area (Å²) in [6.45, 7) is 3.09. The van der Waals surface area contributed by atoms with Crippen molar-refractivity contribution >= 4 is 22.9 Å². The highest BCUT2D eigenvalue weighted by Crippen LogP contribution is 2.28. The van der Waals surface area contributed by atoms with Gasteiger partial charge in [-0.15, -0.1) is 0 Å². The minimum atomic E-state index is -2.82. The van der Waals surface area contributed by atoms with E-state index in [1.54, 1.807) is 29.2 Å². The summed E-state index contributed by atoms with van der Waals surface area (Å²) < 4.78 is 39.6. The van der Waals surface area contributed by atoms with E-state index in [1.165, 1.54) is 4.57 Å². The van der Waals surface area contributed by atoms with Crippen molar-refractivity contribution in [2.24, 2.45) is 0 Å². The van der Waals surface area contributed by atoms with Crippen molar-refractivity contribution in [3.63, 3.8) is 0 Å². The molecule has 2 aliphatic heterocycles. The molecule has 1 aromatic carbocycles. The van der Waals surface area contributed by atoms with Crippen LogP contribution in [0.25, 0.3) is 17.0 Å². The Kier molecular flexibility index (Phi) is 5.34. The van der Waals surface area contributed by atoms with Crippen LogP contribution in [0, 0.1) is 0 Å². The number of rotatable bonds is 4. The van der Waals surface area contributed by atoms with Crippen LogP contribution in [-0.2, 0) is 9.47 Å². The zero-order chi connectivity index (χ0) is 21.4. The quantitative estimate of drug-likeness (QED) is 0.649. The van der Waals surface area contributed by atoms with Crippen molar-refractivity contribution in [3.8, 4) is 5.95 Å². The fraction of sp³-hybridized carbons (Fsp3) is 0.474. The average Bonchev–Trinajstić information content (AvgIpc) is 3.19. The van der Waals surface area contributed by atoms with Crippen LogP contribution in [0.2, 0.25) is 0 Å². The van der Waals surface area contributed by atoms with Crippen LogP contribution in [-0.4, -0.2) is 81.9 Å². The Morgan fingerprint density at radius 2 is 1.58 bits per heavy atom. The minimum Gasteiger partial charge on any atom is -0.378 e. The molecule has 5 rings (SSSR count). The number of aliphatic hydroxyl groups excluding tert-OH is 1. The standard InChI is InChI=1S/C19H21F2N7O3/c20-15(21)16-22-12-3-1-2-4-13(12)28(16)19-24-17(26-5-8-30-9-6-26)23-18(25-19)27-7-10-31-14(29)11-27/h1-4,14-15,29H,5-11H2. The van der Waals surface area contributed by atoms with Crippen LogP contribution in [0.4, 0.5) is 20.7 Å². The molecule has 0 bridgehead atoms. The molecule has 2 fully saturated rings. The molecule has 0 aliphatic carbocycles. The highest BCUT2D eigenvalue weighted by Gasteiger charge is 2.27. The first-order valence-corrected chi connectivity index (χ1v) is 9.99. The number of hydrogen-bond donors (Lipinski definition) is 1. The number of hydrogen-bond acceptors (Lipinski definition) is 9. The first kappa shape index (κ1) is 20.0. The van der Waals surface area contributed by atoms with E-state index in [9.17, 15) is 13.9 Å². The van der Waals surface area contributed by atoms with Crippen LogP contribution >= 0.6 is 0 Å². The Bertz CT molecular complexity index is 1070. The second kappa shape index (κ2) is 8.29. The number of morpholine rings is 2. The maximum atomic E-state index is 13.9. The highest BCUT2D eigenvalue weighted by atomic mass is 19.3. The van der Waals surface area contributed by atoms with Gasteiger partial charge in [0.25, 0.3) is 6.43 Å². The maximum absolute atomic E-state index is 13.9. The normalized spacial score (nSPS) is 20.1. The van der Waals surface area contributed by atoms with Gasteiger partial charge in [-0.3, -0.25) is 4.57 Å². The second-order valence-electron chi connectivity index (χ2n) is 7.20. The van der Waals surface area contributed by atoms with E-state index in [0.717, 1.165) is 0 Å². The van der Waals surface area contributed by atoms with Crippen LogP contribution in [0.1, 0.15) is 12.2 Å². The Morgan fingerprint density at radius 1 is 0.903 bits per heavy atom. The molecule has 1 atom stereocenters. The Morgan fingerprint density at radius 3 is 2.32 bits per heavy atom. The maximum Gasteiger partial charge on any atom is 0.296 e. The summed E-state index contributed by atoms with van der Waals surface area (Å²) in [5.41, 5.74) is 0.902. The fourth-order valence-electron chi connectivity index (χ4n) is 3.70.